The number of para-hydroxylation sites is 1. The van der Waals surface area contributed by atoms with Crippen LogP contribution in [0.25, 0.3) is 16.6 Å². The first-order valence-electron chi connectivity index (χ1n) is 12.0. The van der Waals surface area contributed by atoms with Crippen molar-refractivity contribution in [3.05, 3.63) is 94.0 Å². The Balaban J connectivity index is 1.85. The molecule has 4 rings (SSSR count). The number of hydrogen-bond acceptors (Lipinski definition) is 4. The van der Waals surface area contributed by atoms with E-state index in [2.05, 4.69) is 5.32 Å². The molecule has 0 aliphatic heterocycles. The van der Waals surface area contributed by atoms with Crippen LogP contribution in [0, 0.1) is 0 Å². The molecule has 0 fully saturated rings. The molecule has 1 unspecified atom stereocenters. The number of carbonyl (C=O) groups is 1. The SMILES string of the molecule is CCCN(C(=O)Nc1ccc(Cl)cc1)C(CC)c1nc2ccccc2c(=O)n1-c1ccc(OC)cc1. The number of rotatable bonds is 8. The molecule has 3 aromatic carbocycles. The van der Waals surface area contributed by atoms with Gasteiger partial charge in [-0.1, -0.05) is 37.6 Å². The number of aromatic nitrogens is 2. The van der Waals surface area contributed by atoms with Crippen LogP contribution in [-0.2, 0) is 0 Å². The molecule has 1 aromatic heterocycles. The number of hydrogen-bond donors (Lipinski definition) is 1. The van der Waals surface area contributed by atoms with Gasteiger partial charge in [0.1, 0.15) is 11.6 Å². The van der Waals surface area contributed by atoms with Gasteiger partial charge in [0.15, 0.2) is 0 Å². The summed E-state index contributed by atoms with van der Waals surface area (Å²) in [5, 5.41) is 4.07. The minimum atomic E-state index is -0.448. The maximum atomic E-state index is 13.8. The molecular weight excluding hydrogens is 476 g/mol. The van der Waals surface area contributed by atoms with Crippen molar-refractivity contribution in [1.29, 1.82) is 0 Å². The fourth-order valence-electron chi connectivity index (χ4n) is 4.26. The van der Waals surface area contributed by atoms with Crippen molar-refractivity contribution in [2.75, 3.05) is 19.0 Å². The third-order valence-corrected chi connectivity index (χ3v) is 6.27. The van der Waals surface area contributed by atoms with Crippen molar-refractivity contribution in [2.45, 2.75) is 32.7 Å². The summed E-state index contributed by atoms with van der Waals surface area (Å²) in [5.74, 6) is 1.19. The van der Waals surface area contributed by atoms with E-state index in [0.717, 1.165) is 6.42 Å². The molecule has 1 atom stereocenters. The molecule has 186 valence electrons. The molecule has 0 spiro atoms. The van der Waals surface area contributed by atoms with E-state index in [9.17, 15) is 9.59 Å². The predicted octanol–water partition coefficient (Wildman–Crippen LogP) is 6.44. The van der Waals surface area contributed by atoms with Gasteiger partial charge in [-0.3, -0.25) is 9.36 Å². The largest absolute Gasteiger partial charge is 0.497 e. The number of carbonyl (C=O) groups excluding carboxylic acids is 1. The highest BCUT2D eigenvalue weighted by Gasteiger charge is 2.29. The number of nitrogens with zero attached hydrogens (tertiary/aromatic N) is 3. The van der Waals surface area contributed by atoms with Crippen LogP contribution in [0.3, 0.4) is 0 Å². The Labute approximate surface area is 215 Å². The van der Waals surface area contributed by atoms with E-state index in [-0.39, 0.29) is 11.6 Å². The van der Waals surface area contributed by atoms with E-state index in [1.54, 1.807) is 59.0 Å². The smallest absolute Gasteiger partial charge is 0.322 e. The lowest BCUT2D eigenvalue weighted by Gasteiger charge is -2.32. The molecule has 0 saturated carbocycles. The van der Waals surface area contributed by atoms with Gasteiger partial charge in [0.2, 0.25) is 0 Å². The molecule has 36 heavy (non-hydrogen) atoms. The summed E-state index contributed by atoms with van der Waals surface area (Å²) in [7, 11) is 1.60. The Morgan fingerprint density at radius 3 is 2.39 bits per heavy atom. The van der Waals surface area contributed by atoms with Gasteiger partial charge in [-0.15, -0.1) is 0 Å². The number of amides is 2. The first-order chi connectivity index (χ1) is 17.5. The molecule has 0 radical (unpaired) electrons. The number of ether oxygens (including phenoxy) is 1. The van der Waals surface area contributed by atoms with E-state index in [1.165, 1.54) is 0 Å². The lowest BCUT2D eigenvalue weighted by Crippen LogP contribution is -2.41. The van der Waals surface area contributed by atoms with Crippen LogP contribution in [0.4, 0.5) is 10.5 Å². The van der Waals surface area contributed by atoms with Crippen LogP contribution in [-0.4, -0.2) is 34.1 Å². The molecule has 0 saturated heterocycles. The Morgan fingerprint density at radius 1 is 1.06 bits per heavy atom. The van der Waals surface area contributed by atoms with Crippen LogP contribution < -0.4 is 15.6 Å². The van der Waals surface area contributed by atoms with Gasteiger partial charge >= 0.3 is 6.03 Å². The molecule has 1 N–H and O–H groups in total. The van der Waals surface area contributed by atoms with Crippen molar-refractivity contribution in [3.63, 3.8) is 0 Å². The average molecular weight is 505 g/mol. The van der Waals surface area contributed by atoms with Crippen molar-refractivity contribution in [3.8, 4) is 11.4 Å². The second kappa shape index (κ2) is 11.3. The number of halogens is 1. The minimum absolute atomic E-state index is 0.186. The first-order valence-corrected chi connectivity index (χ1v) is 12.3. The molecule has 4 aromatic rings. The predicted molar refractivity (Wildman–Crippen MR) is 144 cm³/mol. The zero-order valence-electron chi connectivity index (χ0n) is 20.6. The van der Waals surface area contributed by atoms with E-state index in [4.69, 9.17) is 21.3 Å². The monoisotopic (exact) mass is 504 g/mol. The van der Waals surface area contributed by atoms with Crippen LogP contribution >= 0.6 is 11.6 Å². The van der Waals surface area contributed by atoms with Gasteiger partial charge in [0.05, 0.1) is 29.7 Å². The maximum Gasteiger partial charge on any atom is 0.322 e. The lowest BCUT2D eigenvalue weighted by atomic mass is 10.1. The Kier molecular flexibility index (Phi) is 7.90. The molecule has 1 heterocycles. The number of fused-ring (bicyclic) bond motifs is 1. The fraction of sp³-hybridized carbons (Fsp3) is 0.250. The normalized spacial score (nSPS) is 11.8. The highest BCUT2D eigenvalue weighted by molar-refractivity contribution is 6.30. The molecule has 2 amide bonds. The second-order valence-electron chi connectivity index (χ2n) is 8.38. The number of benzene rings is 3. The number of urea groups is 1. The van der Waals surface area contributed by atoms with Gasteiger partial charge in [-0.05, 0) is 73.5 Å². The summed E-state index contributed by atoms with van der Waals surface area (Å²) >= 11 is 6.00. The summed E-state index contributed by atoms with van der Waals surface area (Å²) in [5.41, 5.74) is 1.70. The van der Waals surface area contributed by atoms with Gasteiger partial charge in [-0.25, -0.2) is 9.78 Å². The Hall–Kier alpha value is -3.84. The molecule has 8 heteroatoms. The fourth-order valence-corrected chi connectivity index (χ4v) is 4.39. The van der Waals surface area contributed by atoms with Crippen molar-refractivity contribution < 1.29 is 9.53 Å². The van der Waals surface area contributed by atoms with Crippen LogP contribution in [0.2, 0.25) is 5.02 Å². The number of nitrogens with one attached hydrogen (secondary N) is 1. The van der Waals surface area contributed by atoms with Gasteiger partial charge in [-0.2, -0.15) is 0 Å². The summed E-state index contributed by atoms with van der Waals surface area (Å²) in [6.45, 7) is 4.49. The van der Waals surface area contributed by atoms with E-state index in [1.807, 2.05) is 44.2 Å². The van der Waals surface area contributed by atoms with Crippen molar-refractivity contribution in [2.24, 2.45) is 0 Å². The van der Waals surface area contributed by atoms with Crippen molar-refractivity contribution >= 4 is 34.2 Å². The quantitative estimate of drug-likeness (QED) is 0.299. The summed E-state index contributed by atoms with van der Waals surface area (Å²) in [6.07, 6.45) is 1.31. The molecule has 0 bridgehead atoms. The summed E-state index contributed by atoms with van der Waals surface area (Å²) < 4.78 is 6.90. The molecular formula is C28H29ClN4O3. The zero-order chi connectivity index (χ0) is 25.7. The topological polar surface area (TPSA) is 76.5 Å². The molecule has 7 nitrogen and oxygen atoms in total. The number of methoxy groups -OCH3 is 1. The van der Waals surface area contributed by atoms with E-state index < -0.39 is 6.04 Å². The minimum Gasteiger partial charge on any atom is -0.497 e. The third-order valence-electron chi connectivity index (χ3n) is 6.01. The van der Waals surface area contributed by atoms with Gasteiger partial charge in [0.25, 0.3) is 5.56 Å². The summed E-state index contributed by atoms with van der Waals surface area (Å²) in [4.78, 5) is 33.9. The lowest BCUT2D eigenvalue weighted by molar-refractivity contribution is 0.181. The Morgan fingerprint density at radius 2 is 1.75 bits per heavy atom. The van der Waals surface area contributed by atoms with Crippen LogP contribution in [0.15, 0.2) is 77.6 Å². The third kappa shape index (κ3) is 5.21. The number of anilines is 1. The highest BCUT2D eigenvalue weighted by atomic mass is 35.5. The van der Waals surface area contributed by atoms with Gasteiger partial charge < -0.3 is 15.0 Å². The second-order valence-corrected chi connectivity index (χ2v) is 8.82. The van der Waals surface area contributed by atoms with Crippen LogP contribution in [0.5, 0.6) is 5.75 Å². The molecule has 0 aliphatic rings. The van der Waals surface area contributed by atoms with Crippen molar-refractivity contribution in [1.82, 2.24) is 14.5 Å². The standard InChI is InChI=1S/C28H29ClN4O3/c1-4-18-32(28(35)30-20-12-10-19(29)11-13-20)25(5-2)26-31-24-9-7-6-8-23(24)27(34)33(26)21-14-16-22(36-3)17-15-21/h6-17,25H,4-5,18H2,1-3H3,(H,30,35). The Bertz CT molecular complexity index is 1400. The van der Waals surface area contributed by atoms with Gasteiger partial charge in [0, 0.05) is 17.3 Å². The van der Waals surface area contributed by atoms with E-state index >= 15 is 0 Å². The average Bonchev–Trinajstić information content (AvgIpc) is 2.90. The van der Waals surface area contributed by atoms with Crippen LogP contribution in [0.1, 0.15) is 38.6 Å². The molecule has 0 aliphatic carbocycles. The maximum absolute atomic E-state index is 13.8. The van der Waals surface area contributed by atoms with E-state index in [0.29, 0.717) is 51.8 Å². The highest BCUT2D eigenvalue weighted by Crippen LogP contribution is 2.28. The zero-order valence-corrected chi connectivity index (χ0v) is 21.3. The summed E-state index contributed by atoms with van der Waals surface area (Å²) in [6, 6.07) is 20.8. The first kappa shape index (κ1) is 25.3.